The molecule has 2 heterocycles. The molecule has 0 atom stereocenters. The Morgan fingerprint density at radius 3 is 2.94 bits per heavy atom. The first-order valence-corrected chi connectivity index (χ1v) is 5.01. The molecule has 2 aromatic heterocycles. The number of pyridine rings is 1. The van der Waals surface area contributed by atoms with Gasteiger partial charge in [0, 0.05) is 18.9 Å². The second-order valence-corrected chi connectivity index (χ2v) is 3.30. The molecule has 0 spiro atoms. The average Bonchev–Trinajstić information content (AvgIpc) is 2.77. The Bertz CT molecular complexity index is 518. The molecule has 5 nitrogen and oxygen atoms in total. The first-order chi connectivity index (χ1) is 7.74. The molecule has 0 amide bonds. The third kappa shape index (κ3) is 1.67. The van der Waals surface area contributed by atoms with Crippen LogP contribution in [0.3, 0.4) is 0 Å². The highest BCUT2D eigenvalue weighted by Crippen LogP contribution is 2.13. The summed E-state index contributed by atoms with van der Waals surface area (Å²) in [7, 11) is 0. The first-order valence-electron chi connectivity index (χ1n) is 5.01. The van der Waals surface area contributed by atoms with Gasteiger partial charge in [-0.2, -0.15) is 5.10 Å². The lowest BCUT2D eigenvalue weighted by Crippen LogP contribution is -2.13. The van der Waals surface area contributed by atoms with E-state index in [9.17, 15) is 4.79 Å². The quantitative estimate of drug-likeness (QED) is 0.780. The Kier molecular flexibility index (Phi) is 2.68. The van der Waals surface area contributed by atoms with E-state index in [2.05, 4.69) is 10.1 Å². The summed E-state index contributed by atoms with van der Waals surface area (Å²) in [5, 5.41) is 4.04. The molecular weight excluding hydrogens is 204 g/mol. The van der Waals surface area contributed by atoms with Crippen LogP contribution in [0, 0.1) is 0 Å². The van der Waals surface area contributed by atoms with Gasteiger partial charge in [-0.25, -0.2) is 0 Å². The molecule has 0 aliphatic carbocycles. The third-order valence-electron chi connectivity index (χ3n) is 2.30. The highest BCUT2D eigenvalue weighted by molar-refractivity contribution is 6.09. The summed E-state index contributed by atoms with van der Waals surface area (Å²) in [6.45, 7) is 2.56. The van der Waals surface area contributed by atoms with Crippen LogP contribution in [-0.2, 0) is 6.54 Å². The number of nitrogen functional groups attached to an aromatic ring is 1. The summed E-state index contributed by atoms with van der Waals surface area (Å²) in [5.74, 6) is -0.197. The zero-order chi connectivity index (χ0) is 11.5. The van der Waals surface area contributed by atoms with Crippen molar-refractivity contribution in [3.05, 3.63) is 42.0 Å². The number of rotatable bonds is 3. The lowest BCUT2D eigenvalue weighted by Gasteiger charge is -2.04. The van der Waals surface area contributed by atoms with Crippen LogP contribution in [0.2, 0.25) is 0 Å². The summed E-state index contributed by atoms with van der Waals surface area (Å²) in [4.78, 5) is 16.1. The lowest BCUT2D eigenvalue weighted by atomic mass is 10.1. The highest BCUT2D eigenvalue weighted by atomic mass is 16.1. The van der Waals surface area contributed by atoms with Gasteiger partial charge in [-0.15, -0.1) is 0 Å². The van der Waals surface area contributed by atoms with Crippen LogP contribution in [0.15, 0.2) is 30.6 Å². The van der Waals surface area contributed by atoms with E-state index in [1.807, 2.05) is 6.92 Å². The first kappa shape index (κ1) is 10.4. The largest absolute Gasteiger partial charge is 0.397 e. The molecule has 0 saturated heterocycles. The number of nitrogens with two attached hydrogens (primary N) is 1. The van der Waals surface area contributed by atoms with E-state index in [4.69, 9.17) is 5.73 Å². The van der Waals surface area contributed by atoms with Crippen LogP contribution >= 0.6 is 0 Å². The Morgan fingerprint density at radius 1 is 1.44 bits per heavy atom. The van der Waals surface area contributed by atoms with Crippen molar-refractivity contribution in [1.82, 2.24) is 14.8 Å². The maximum Gasteiger partial charge on any atom is 0.231 e. The summed E-state index contributed by atoms with van der Waals surface area (Å²) < 4.78 is 1.62. The topological polar surface area (TPSA) is 73.8 Å². The van der Waals surface area contributed by atoms with Crippen molar-refractivity contribution in [2.75, 3.05) is 5.73 Å². The minimum absolute atomic E-state index is 0.197. The minimum Gasteiger partial charge on any atom is -0.397 e. The molecule has 0 bridgehead atoms. The normalized spacial score (nSPS) is 10.3. The zero-order valence-electron chi connectivity index (χ0n) is 8.92. The molecule has 0 saturated carbocycles. The van der Waals surface area contributed by atoms with Crippen molar-refractivity contribution in [3.8, 4) is 0 Å². The van der Waals surface area contributed by atoms with E-state index in [1.54, 1.807) is 35.3 Å². The van der Waals surface area contributed by atoms with Crippen LogP contribution in [0.1, 0.15) is 23.1 Å². The van der Waals surface area contributed by atoms with Gasteiger partial charge in [-0.05, 0) is 25.1 Å². The Balaban J connectivity index is 2.44. The van der Waals surface area contributed by atoms with Crippen molar-refractivity contribution in [3.63, 3.8) is 0 Å². The number of nitrogens with zero attached hydrogens (tertiary/aromatic N) is 3. The molecule has 2 aromatic rings. The van der Waals surface area contributed by atoms with Gasteiger partial charge in [-0.1, -0.05) is 0 Å². The van der Waals surface area contributed by atoms with Gasteiger partial charge in [0.2, 0.25) is 5.78 Å². The standard InChI is InChI=1S/C11H12N4O/c1-2-15-9(5-7-14-15)11(16)10-8(12)4-3-6-13-10/h3-7H,2,12H2,1H3. The van der Waals surface area contributed by atoms with Crippen LogP contribution in [0.4, 0.5) is 5.69 Å². The van der Waals surface area contributed by atoms with E-state index in [0.29, 0.717) is 17.9 Å². The number of ketones is 1. The molecule has 0 aliphatic rings. The predicted molar refractivity (Wildman–Crippen MR) is 60.0 cm³/mol. The van der Waals surface area contributed by atoms with Gasteiger partial charge in [0.05, 0.1) is 5.69 Å². The Labute approximate surface area is 92.9 Å². The van der Waals surface area contributed by atoms with Crippen LogP contribution in [0.25, 0.3) is 0 Å². The fourth-order valence-corrected chi connectivity index (χ4v) is 1.51. The molecule has 2 rings (SSSR count). The number of hydrogen-bond acceptors (Lipinski definition) is 4. The minimum atomic E-state index is -0.197. The smallest absolute Gasteiger partial charge is 0.231 e. The Hall–Kier alpha value is -2.17. The maximum absolute atomic E-state index is 12.1. The number of aromatic nitrogens is 3. The zero-order valence-corrected chi connectivity index (χ0v) is 8.92. The number of carbonyl (C=O) groups excluding carboxylic acids is 1. The van der Waals surface area contributed by atoms with Crippen molar-refractivity contribution in [2.45, 2.75) is 13.5 Å². The summed E-state index contributed by atoms with van der Waals surface area (Å²) in [6.07, 6.45) is 3.14. The second kappa shape index (κ2) is 4.14. The monoisotopic (exact) mass is 216 g/mol. The van der Waals surface area contributed by atoms with Crippen LogP contribution < -0.4 is 5.73 Å². The van der Waals surface area contributed by atoms with Crippen LogP contribution in [0.5, 0.6) is 0 Å². The SMILES string of the molecule is CCn1nccc1C(=O)c1ncccc1N. The van der Waals surface area contributed by atoms with E-state index in [0.717, 1.165) is 0 Å². The molecule has 0 aromatic carbocycles. The molecule has 0 unspecified atom stereocenters. The number of carbonyl (C=O) groups is 1. The fourth-order valence-electron chi connectivity index (χ4n) is 1.51. The summed E-state index contributed by atoms with van der Waals surface area (Å²) in [5.41, 5.74) is 6.87. The fraction of sp³-hybridized carbons (Fsp3) is 0.182. The predicted octanol–water partition coefficient (Wildman–Crippen LogP) is 1.11. The molecule has 0 fully saturated rings. The molecule has 5 heteroatoms. The lowest BCUT2D eigenvalue weighted by molar-refractivity contribution is 0.102. The number of aryl methyl sites for hydroxylation is 1. The molecule has 0 aliphatic heterocycles. The van der Waals surface area contributed by atoms with Crippen molar-refractivity contribution in [1.29, 1.82) is 0 Å². The number of hydrogen-bond donors (Lipinski definition) is 1. The average molecular weight is 216 g/mol. The van der Waals surface area contributed by atoms with Gasteiger partial charge in [0.25, 0.3) is 0 Å². The third-order valence-corrected chi connectivity index (χ3v) is 2.30. The van der Waals surface area contributed by atoms with Crippen molar-refractivity contribution in [2.24, 2.45) is 0 Å². The van der Waals surface area contributed by atoms with Gasteiger partial charge in [0.15, 0.2) is 0 Å². The molecule has 82 valence electrons. The van der Waals surface area contributed by atoms with E-state index in [1.165, 1.54) is 0 Å². The van der Waals surface area contributed by atoms with E-state index < -0.39 is 0 Å². The second-order valence-electron chi connectivity index (χ2n) is 3.30. The maximum atomic E-state index is 12.1. The van der Waals surface area contributed by atoms with Gasteiger partial charge in [0.1, 0.15) is 11.4 Å². The summed E-state index contributed by atoms with van der Waals surface area (Å²) in [6, 6.07) is 5.02. The van der Waals surface area contributed by atoms with E-state index in [-0.39, 0.29) is 11.5 Å². The molecule has 0 radical (unpaired) electrons. The number of anilines is 1. The van der Waals surface area contributed by atoms with Crippen molar-refractivity contribution >= 4 is 11.5 Å². The van der Waals surface area contributed by atoms with Crippen molar-refractivity contribution < 1.29 is 4.79 Å². The van der Waals surface area contributed by atoms with Gasteiger partial charge in [-0.3, -0.25) is 14.5 Å². The Morgan fingerprint density at radius 2 is 2.25 bits per heavy atom. The molecular formula is C11H12N4O. The highest BCUT2D eigenvalue weighted by Gasteiger charge is 2.16. The molecule has 2 N–H and O–H groups in total. The molecule has 16 heavy (non-hydrogen) atoms. The van der Waals surface area contributed by atoms with Gasteiger partial charge < -0.3 is 5.73 Å². The van der Waals surface area contributed by atoms with Crippen LogP contribution in [-0.4, -0.2) is 20.5 Å². The van der Waals surface area contributed by atoms with E-state index >= 15 is 0 Å². The summed E-state index contributed by atoms with van der Waals surface area (Å²) >= 11 is 0. The van der Waals surface area contributed by atoms with Gasteiger partial charge >= 0.3 is 0 Å².